The van der Waals surface area contributed by atoms with Crippen LogP contribution in [0.5, 0.6) is 0 Å². The van der Waals surface area contributed by atoms with E-state index in [1.165, 1.54) is 25.8 Å². The molecule has 1 N–H and O–H groups in total. The van der Waals surface area contributed by atoms with Gasteiger partial charge in [0.25, 0.3) is 0 Å². The van der Waals surface area contributed by atoms with Crippen LogP contribution in [0.25, 0.3) is 11.4 Å². The number of sulfonamides is 1. The van der Waals surface area contributed by atoms with Gasteiger partial charge in [-0.25, -0.2) is 33.3 Å². The van der Waals surface area contributed by atoms with Crippen LogP contribution in [0.15, 0.2) is 43.4 Å². The second-order valence-electron chi connectivity index (χ2n) is 5.30. The molecule has 0 aliphatic rings. The van der Waals surface area contributed by atoms with Gasteiger partial charge in [-0.3, -0.25) is 9.29 Å². The number of hydrogen-bond donors (Lipinski definition) is 1. The molecule has 3 heterocycles. The average Bonchev–Trinajstić information content (AvgIpc) is 2.66. The van der Waals surface area contributed by atoms with Crippen LogP contribution >= 0.6 is 0 Å². The lowest BCUT2D eigenvalue weighted by Crippen LogP contribution is -2.27. The maximum Gasteiger partial charge on any atom is 0.233 e. The fourth-order valence-corrected chi connectivity index (χ4v) is 2.56. The van der Waals surface area contributed by atoms with Crippen molar-refractivity contribution >= 4 is 21.7 Å². The molecule has 134 valence electrons. The first kappa shape index (κ1) is 17.6. The van der Waals surface area contributed by atoms with Crippen LogP contribution in [0.1, 0.15) is 5.69 Å². The van der Waals surface area contributed by atoms with Crippen molar-refractivity contribution in [2.45, 2.75) is 6.54 Å². The SMILES string of the molecule is CN(c1nccnc1CNc1ccnc(-c2cncnc2)n1)S(C)(=O)=O. The van der Waals surface area contributed by atoms with Crippen molar-refractivity contribution in [3.05, 3.63) is 49.1 Å². The van der Waals surface area contributed by atoms with Gasteiger partial charge in [-0.05, 0) is 6.07 Å². The molecule has 26 heavy (non-hydrogen) atoms. The van der Waals surface area contributed by atoms with Crippen molar-refractivity contribution < 1.29 is 8.42 Å². The second-order valence-corrected chi connectivity index (χ2v) is 7.32. The molecule has 3 aromatic heterocycles. The standard InChI is InChI=1S/C15H16N8O2S/c1-23(26(2,24)25)15-12(18-5-6-20-15)9-21-13-3-4-19-14(22-13)11-7-16-10-17-8-11/h3-8,10H,9H2,1-2H3,(H,19,21,22). The number of hydrogen-bond acceptors (Lipinski definition) is 9. The monoisotopic (exact) mass is 372 g/mol. The molecule has 3 rings (SSSR count). The maximum absolute atomic E-state index is 11.8. The molecule has 3 aromatic rings. The van der Waals surface area contributed by atoms with E-state index in [0.717, 1.165) is 10.6 Å². The summed E-state index contributed by atoms with van der Waals surface area (Å²) >= 11 is 0. The van der Waals surface area contributed by atoms with E-state index < -0.39 is 10.0 Å². The van der Waals surface area contributed by atoms with E-state index in [4.69, 9.17) is 0 Å². The zero-order chi connectivity index (χ0) is 18.6. The molecular weight excluding hydrogens is 356 g/mol. The van der Waals surface area contributed by atoms with Crippen molar-refractivity contribution in [1.82, 2.24) is 29.9 Å². The van der Waals surface area contributed by atoms with Gasteiger partial charge < -0.3 is 5.32 Å². The lowest BCUT2D eigenvalue weighted by Gasteiger charge is -2.18. The Labute approximate surface area is 150 Å². The molecule has 10 nitrogen and oxygen atoms in total. The quantitative estimate of drug-likeness (QED) is 0.666. The summed E-state index contributed by atoms with van der Waals surface area (Å²) in [5, 5.41) is 3.10. The smallest absolute Gasteiger partial charge is 0.233 e. The molecule has 0 saturated heterocycles. The Balaban J connectivity index is 1.81. The fourth-order valence-electron chi connectivity index (χ4n) is 2.09. The summed E-state index contributed by atoms with van der Waals surface area (Å²) < 4.78 is 24.6. The fraction of sp³-hybridized carbons (Fsp3) is 0.200. The summed E-state index contributed by atoms with van der Waals surface area (Å²) in [4.78, 5) is 24.8. The number of anilines is 2. The van der Waals surface area contributed by atoms with Gasteiger partial charge in [0.1, 0.15) is 17.8 Å². The van der Waals surface area contributed by atoms with E-state index >= 15 is 0 Å². The van der Waals surface area contributed by atoms with Crippen LogP contribution in [-0.4, -0.2) is 51.6 Å². The van der Waals surface area contributed by atoms with Crippen LogP contribution in [-0.2, 0) is 16.6 Å². The van der Waals surface area contributed by atoms with E-state index in [1.807, 2.05) is 0 Å². The van der Waals surface area contributed by atoms with Crippen LogP contribution in [0, 0.1) is 0 Å². The third-order valence-electron chi connectivity index (χ3n) is 3.46. The molecule has 0 spiro atoms. The summed E-state index contributed by atoms with van der Waals surface area (Å²) in [7, 11) is -2.01. The summed E-state index contributed by atoms with van der Waals surface area (Å²) in [5.74, 6) is 1.29. The van der Waals surface area contributed by atoms with Crippen molar-refractivity contribution in [3.63, 3.8) is 0 Å². The summed E-state index contributed by atoms with van der Waals surface area (Å²) in [6.45, 7) is 0.241. The molecule has 0 unspecified atom stereocenters. The van der Waals surface area contributed by atoms with Gasteiger partial charge in [0.2, 0.25) is 10.0 Å². The molecule has 0 amide bonds. The van der Waals surface area contributed by atoms with Crippen LogP contribution in [0.2, 0.25) is 0 Å². The Hall–Kier alpha value is -3.21. The first-order valence-corrected chi connectivity index (χ1v) is 9.36. The van der Waals surface area contributed by atoms with Gasteiger partial charge in [0.15, 0.2) is 11.6 Å². The molecule has 0 atom stereocenters. The van der Waals surface area contributed by atoms with Crippen molar-refractivity contribution in [2.75, 3.05) is 22.9 Å². The van der Waals surface area contributed by atoms with E-state index in [-0.39, 0.29) is 12.4 Å². The van der Waals surface area contributed by atoms with Crippen LogP contribution in [0.3, 0.4) is 0 Å². The molecular formula is C15H16N8O2S. The minimum atomic E-state index is -3.44. The van der Waals surface area contributed by atoms with Gasteiger partial charge >= 0.3 is 0 Å². The van der Waals surface area contributed by atoms with Gasteiger partial charge in [-0.2, -0.15) is 0 Å². The number of aromatic nitrogens is 6. The Morgan fingerprint density at radius 2 is 1.81 bits per heavy atom. The normalized spacial score (nSPS) is 11.2. The Kier molecular flexibility index (Phi) is 4.98. The van der Waals surface area contributed by atoms with Crippen LogP contribution in [0.4, 0.5) is 11.6 Å². The first-order chi connectivity index (χ1) is 12.4. The predicted molar refractivity (Wildman–Crippen MR) is 95.7 cm³/mol. The topological polar surface area (TPSA) is 127 Å². The Morgan fingerprint density at radius 1 is 1.08 bits per heavy atom. The van der Waals surface area contributed by atoms with Gasteiger partial charge in [0.05, 0.1) is 18.4 Å². The molecule has 0 bridgehead atoms. The molecule has 0 aromatic carbocycles. The first-order valence-electron chi connectivity index (χ1n) is 7.51. The van der Waals surface area contributed by atoms with E-state index in [1.54, 1.807) is 24.7 Å². The van der Waals surface area contributed by atoms with Gasteiger partial charge in [-0.1, -0.05) is 0 Å². The lowest BCUT2D eigenvalue weighted by molar-refractivity contribution is 0.599. The molecule has 0 aliphatic heterocycles. The van der Waals surface area contributed by atoms with Gasteiger partial charge in [0, 0.05) is 38.0 Å². The maximum atomic E-state index is 11.8. The zero-order valence-electron chi connectivity index (χ0n) is 14.1. The highest BCUT2D eigenvalue weighted by atomic mass is 32.2. The largest absolute Gasteiger partial charge is 0.364 e. The van der Waals surface area contributed by atoms with Crippen molar-refractivity contribution in [1.29, 1.82) is 0 Å². The minimum absolute atomic E-state index is 0.241. The Bertz CT molecular complexity index is 997. The summed E-state index contributed by atoms with van der Waals surface area (Å²) in [6.07, 6.45) is 10.3. The summed E-state index contributed by atoms with van der Waals surface area (Å²) in [6, 6.07) is 1.70. The lowest BCUT2D eigenvalue weighted by atomic mass is 10.3. The molecule has 0 aliphatic carbocycles. The number of nitrogens with zero attached hydrogens (tertiary/aromatic N) is 7. The second kappa shape index (κ2) is 7.35. The number of rotatable bonds is 6. The van der Waals surface area contributed by atoms with Crippen molar-refractivity contribution in [3.8, 4) is 11.4 Å². The third kappa shape index (κ3) is 4.06. The summed E-state index contributed by atoms with van der Waals surface area (Å²) in [5.41, 5.74) is 1.16. The molecule has 0 radical (unpaired) electrons. The third-order valence-corrected chi connectivity index (χ3v) is 4.63. The van der Waals surface area contributed by atoms with Gasteiger partial charge in [-0.15, -0.1) is 0 Å². The highest BCUT2D eigenvalue weighted by molar-refractivity contribution is 7.92. The van der Waals surface area contributed by atoms with E-state index in [2.05, 4.69) is 35.2 Å². The number of nitrogens with one attached hydrogen (secondary N) is 1. The van der Waals surface area contributed by atoms with E-state index in [9.17, 15) is 8.42 Å². The molecule has 0 saturated carbocycles. The van der Waals surface area contributed by atoms with E-state index in [0.29, 0.717) is 22.9 Å². The zero-order valence-corrected chi connectivity index (χ0v) is 14.9. The molecule has 11 heteroatoms. The highest BCUT2D eigenvalue weighted by Gasteiger charge is 2.18. The minimum Gasteiger partial charge on any atom is -0.364 e. The van der Waals surface area contributed by atoms with Crippen LogP contribution < -0.4 is 9.62 Å². The highest BCUT2D eigenvalue weighted by Crippen LogP contribution is 2.18. The predicted octanol–water partition coefficient (Wildman–Crippen LogP) is 0.731. The van der Waals surface area contributed by atoms with Crippen molar-refractivity contribution in [2.24, 2.45) is 0 Å². The molecule has 0 fully saturated rings. The average molecular weight is 372 g/mol. The Morgan fingerprint density at radius 3 is 2.54 bits per heavy atom.